The van der Waals surface area contributed by atoms with E-state index in [1.165, 1.54) is 43.9 Å². The number of nitrogens with one attached hydrogen (secondary N) is 1. The van der Waals surface area contributed by atoms with Gasteiger partial charge in [0.15, 0.2) is 5.16 Å². The van der Waals surface area contributed by atoms with E-state index >= 15 is 0 Å². The van der Waals surface area contributed by atoms with Crippen LogP contribution >= 0.6 is 11.8 Å². The third-order valence-corrected chi connectivity index (χ3v) is 5.75. The molecule has 1 heterocycles. The fraction of sp³-hybridized carbons (Fsp3) is 0.450. The number of carbonyl (C=O) groups excluding carboxylic acids is 1. The molecular formula is C20H26N4OS. The summed E-state index contributed by atoms with van der Waals surface area (Å²) in [4.78, 5) is 12.3. The van der Waals surface area contributed by atoms with Gasteiger partial charge in [0.1, 0.15) is 5.82 Å². The number of benzene rings is 1. The average Bonchev–Trinajstić information content (AvgIpc) is 3.06. The number of thioether (sulfide) groups is 1. The Morgan fingerprint density at radius 3 is 2.81 bits per heavy atom. The van der Waals surface area contributed by atoms with Crippen LogP contribution in [0.15, 0.2) is 42.1 Å². The summed E-state index contributed by atoms with van der Waals surface area (Å²) in [7, 11) is 0. The standard InChI is InChI=1S/C20H26N4OS/c1-3-13-24-19(16-10-5-4-6-11-16)22-23-20(24)26-14-18(25)21-17-12-8-7-9-15(17)2/h3,7-9,12,16H,1,4-6,10-11,13-14H2,2H3,(H,21,25). The molecule has 1 N–H and O–H groups in total. The first-order chi connectivity index (χ1) is 12.7. The van der Waals surface area contributed by atoms with Crippen molar-refractivity contribution in [1.82, 2.24) is 14.8 Å². The molecule has 1 aromatic carbocycles. The maximum atomic E-state index is 12.3. The van der Waals surface area contributed by atoms with Gasteiger partial charge in [0.05, 0.1) is 5.75 Å². The number of para-hydroxylation sites is 1. The van der Waals surface area contributed by atoms with Crippen molar-refractivity contribution < 1.29 is 4.79 Å². The van der Waals surface area contributed by atoms with Gasteiger partial charge in [0, 0.05) is 18.2 Å². The molecule has 0 radical (unpaired) electrons. The molecule has 0 atom stereocenters. The highest BCUT2D eigenvalue weighted by molar-refractivity contribution is 7.99. The molecule has 6 heteroatoms. The van der Waals surface area contributed by atoms with Crippen molar-refractivity contribution in [3.05, 3.63) is 48.3 Å². The number of rotatable bonds is 7. The lowest BCUT2D eigenvalue weighted by Crippen LogP contribution is -2.16. The van der Waals surface area contributed by atoms with Crippen LogP contribution in [0.3, 0.4) is 0 Å². The average molecular weight is 371 g/mol. The molecule has 0 bridgehead atoms. The van der Waals surface area contributed by atoms with E-state index in [-0.39, 0.29) is 5.91 Å². The van der Waals surface area contributed by atoms with E-state index in [0.717, 1.165) is 22.2 Å². The summed E-state index contributed by atoms with van der Waals surface area (Å²) in [5.41, 5.74) is 1.91. The van der Waals surface area contributed by atoms with Crippen molar-refractivity contribution in [2.75, 3.05) is 11.1 Å². The maximum Gasteiger partial charge on any atom is 0.234 e. The van der Waals surface area contributed by atoms with E-state index < -0.39 is 0 Å². The van der Waals surface area contributed by atoms with Gasteiger partial charge in [0.2, 0.25) is 5.91 Å². The molecule has 26 heavy (non-hydrogen) atoms. The molecule has 138 valence electrons. The number of aryl methyl sites for hydroxylation is 1. The quantitative estimate of drug-likeness (QED) is 0.574. The largest absolute Gasteiger partial charge is 0.325 e. The molecule has 0 unspecified atom stereocenters. The van der Waals surface area contributed by atoms with Crippen molar-refractivity contribution >= 4 is 23.4 Å². The molecular weight excluding hydrogens is 344 g/mol. The summed E-state index contributed by atoms with van der Waals surface area (Å²) >= 11 is 1.43. The Morgan fingerprint density at radius 2 is 2.08 bits per heavy atom. The summed E-state index contributed by atoms with van der Waals surface area (Å²) in [6.07, 6.45) is 8.04. The van der Waals surface area contributed by atoms with Gasteiger partial charge in [-0.25, -0.2) is 0 Å². The molecule has 0 aliphatic heterocycles. The third kappa shape index (κ3) is 4.55. The Hall–Kier alpha value is -2.08. The number of anilines is 1. The van der Waals surface area contributed by atoms with E-state index in [1.807, 2.05) is 37.3 Å². The van der Waals surface area contributed by atoms with Crippen LogP contribution in [0, 0.1) is 6.92 Å². The second-order valence-corrected chi connectivity index (χ2v) is 7.67. The predicted molar refractivity (Wildman–Crippen MR) is 107 cm³/mol. The van der Waals surface area contributed by atoms with Crippen LogP contribution < -0.4 is 5.32 Å². The monoisotopic (exact) mass is 370 g/mol. The molecule has 2 aromatic rings. The molecule has 3 rings (SSSR count). The Bertz CT molecular complexity index is 765. The van der Waals surface area contributed by atoms with Crippen molar-refractivity contribution in [3.8, 4) is 0 Å². The van der Waals surface area contributed by atoms with Crippen LogP contribution in [0.5, 0.6) is 0 Å². The number of allylic oxidation sites excluding steroid dienone is 1. The van der Waals surface area contributed by atoms with Crippen LogP contribution in [0.4, 0.5) is 5.69 Å². The second kappa shape index (κ2) is 9.03. The molecule has 0 saturated heterocycles. The normalized spacial score (nSPS) is 15.0. The number of hydrogen-bond donors (Lipinski definition) is 1. The number of carbonyl (C=O) groups is 1. The first-order valence-electron chi connectivity index (χ1n) is 9.21. The molecule has 1 amide bonds. The number of nitrogens with zero attached hydrogens (tertiary/aromatic N) is 3. The van der Waals surface area contributed by atoms with Crippen LogP contribution in [0.2, 0.25) is 0 Å². The minimum Gasteiger partial charge on any atom is -0.325 e. The zero-order valence-electron chi connectivity index (χ0n) is 15.3. The second-order valence-electron chi connectivity index (χ2n) is 6.73. The van der Waals surface area contributed by atoms with Gasteiger partial charge < -0.3 is 9.88 Å². The Morgan fingerprint density at radius 1 is 1.31 bits per heavy atom. The van der Waals surface area contributed by atoms with Crippen LogP contribution in [0.25, 0.3) is 0 Å². The SMILES string of the molecule is C=CCn1c(SCC(=O)Nc2ccccc2C)nnc1C1CCCCC1. The van der Waals surface area contributed by atoms with Gasteiger partial charge in [-0.15, -0.1) is 16.8 Å². The predicted octanol–water partition coefficient (Wildman–Crippen LogP) is 4.55. The Labute approximate surface area is 159 Å². The fourth-order valence-corrected chi connectivity index (χ4v) is 4.15. The van der Waals surface area contributed by atoms with Gasteiger partial charge in [-0.3, -0.25) is 4.79 Å². The number of aromatic nitrogens is 3. The zero-order chi connectivity index (χ0) is 18.4. The van der Waals surface area contributed by atoms with Crippen molar-refractivity contribution in [1.29, 1.82) is 0 Å². The lowest BCUT2D eigenvalue weighted by Gasteiger charge is -2.21. The highest BCUT2D eigenvalue weighted by atomic mass is 32.2. The number of hydrogen-bond acceptors (Lipinski definition) is 4. The van der Waals surface area contributed by atoms with Gasteiger partial charge in [-0.2, -0.15) is 0 Å². The van der Waals surface area contributed by atoms with E-state index in [4.69, 9.17) is 0 Å². The Kier molecular flexibility index (Phi) is 6.50. The van der Waals surface area contributed by atoms with Gasteiger partial charge >= 0.3 is 0 Å². The maximum absolute atomic E-state index is 12.3. The Balaban J connectivity index is 1.65. The highest BCUT2D eigenvalue weighted by Crippen LogP contribution is 2.33. The first-order valence-corrected chi connectivity index (χ1v) is 10.2. The van der Waals surface area contributed by atoms with Crippen LogP contribution in [0.1, 0.15) is 49.4 Å². The molecule has 1 aromatic heterocycles. The zero-order valence-corrected chi connectivity index (χ0v) is 16.1. The minimum atomic E-state index is -0.0309. The fourth-order valence-electron chi connectivity index (χ4n) is 3.40. The minimum absolute atomic E-state index is 0.0309. The highest BCUT2D eigenvalue weighted by Gasteiger charge is 2.23. The van der Waals surface area contributed by atoms with Crippen molar-refractivity contribution in [3.63, 3.8) is 0 Å². The summed E-state index contributed by atoms with van der Waals surface area (Å²) in [5.74, 6) is 1.81. The molecule has 0 spiro atoms. The summed E-state index contributed by atoms with van der Waals surface area (Å²) in [6, 6.07) is 7.79. The van der Waals surface area contributed by atoms with Crippen LogP contribution in [-0.2, 0) is 11.3 Å². The molecule has 1 aliphatic rings. The lowest BCUT2D eigenvalue weighted by molar-refractivity contribution is -0.113. The number of amides is 1. The third-order valence-electron chi connectivity index (χ3n) is 4.78. The van der Waals surface area contributed by atoms with E-state index in [1.54, 1.807) is 0 Å². The molecule has 5 nitrogen and oxygen atoms in total. The summed E-state index contributed by atoms with van der Waals surface area (Å²) < 4.78 is 2.12. The summed E-state index contributed by atoms with van der Waals surface area (Å²) in [6.45, 7) is 6.53. The van der Waals surface area contributed by atoms with Gasteiger partial charge in [-0.05, 0) is 31.4 Å². The van der Waals surface area contributed by atoms with Gasteiger partial charge in [-0.1, -0.05) is 55.3 Å². The smallest absolute Gasteiger partial charge is 0.234 e. The van der Waals surface area contributed by atoms with Crippen molar-refractivity contribution in [2.24, 2.45) is 0 Å². The van der Waals surface area contributed by atoms with E-state index in [9.17, 15) is 4.79 Å². The topological polar surface area (TPSA) is 59.8 Å². The van der Waals surface area contributed by atoms with Crippen molar-refractivity contribution in [2.45, 2.75) is 56.6 Å². The first kappa shape index (κ1) is 18.7. The van der Waals surface area contributed by atoms with Gasteiger partial charge in [0.25, 0.3) is 0 Å². The lowest BCUT2D eigenvalue weighted by atomic mass is 9.89. The van der Waals surface area contributed by atoms with E-state index in [2.05, 4.69) is 26.7 Å². The molecule has 1 fully saturated rings. The van der Waals surface area contributed by atoms with Crippen LogP contribution in [-0.4, -0.2) is 26.4 Å². The molecule has 1 saturated carbocycles. The summed E-state index contributed by atoms with van der Waals surface area (Å²) in [5, 5.41) is 12.6. The van der Waals surface area contributed by atoms with E-state index in [0.29, 0.717) is 18.2 Å². The molecule has 1 aliphatic carbocycles.